The molecule has 0 amide bonds. The van der Waals surface area contributed by atoms with Gasteiger partial charge in [-0.3, -0.25) is 0 Å². The van der Waals surface area contributed by atoms with Crippen LogP contribution in [0.4, 0.5) is 0 Å². The van der Waals surface area contributed by atoms with E-state index >= 15 is 0 Å². The van der Waals surface area contributed by atoms with Crippen LogP contribution in [0, 0.1) is 0 Å². The highest BCUT2D eigenvalue weighted by atomic mass is 127. The van der Waals surface area contributed by atoms with Gasteiger partial charge in [0.15, 0.2) is 0 Å². The predicted molar refractivity (Wildman–Crippen MR) is 40.0 cm³/mol. The zero-order valence-electron chi connectivity index (χ0n) is 4.56. The zero-order valence-corrected chi connectivity index (χ0v) is 6.89. The maximum atomic E-state index is 2.00. The van der Waals surface area contributed by atoms with Crippen molar-refractivity contribution in [1.29, 1.82) is 0 Å². The lowest BCUT2D eigenvalue weighted by molar-refractivity contribution is 0.505. The molecule has 3 N–H and O–H groups in total. The van der Waals surface area contributed by atoms with Crippen molar-refractivity contribution in [3.63, 3.8) is 0 Å². The van der Waals surface area contributed by atoms with Gasteiger partial charge in [-0.25, -0.2) is 0 Å². The Kier molecular flexibility index (Phi) is 24.4. The van der Waals surface area contributed by atoms with E-state index in [9.17, 15) is 0 Å². The second kappa shape index (κ2) is 9.17. The second-order valence-corrected chi connectivity index (χ2v) is 1.34. The number of nitrogens with zero attached hydrogens (tertiary/aromatic N) is 1. The molecule has 0 spiro atoms. The minimum Gasteiger partial charge on any atom is -0.344 e. The highest BCUT2D eigenvalue weighted by Gasteiger charge is 1.58. The molecule has 0 aliphatic rings. The van der Waals surface area contributed by atoms with Gasteiger partial charge >= 0.3 is 0 Å². The lowest BCUT2D eigenvalue weighted by Gasteiger charge is -1.90. The molecule has 6 heavy (non-hydrogen) atoms. The van der Waals surface area contributed by atoms with Crippen molar-refractivity contribution in [3.8, 4) is 0 Å². The smallest absolute Gasteiger partial charge is 0.0140 e. The Hall–Kier alpha value is 0.650. The van der Waals surface area contributed by atoms with Crippen LogP contribution in [0.15, 0.2) is 0 Å². The van der Waals surface area contributed by atoms with E-state index in [-0.39, 0.29) is 30.1 Å². The van der Waals surface area contributed by atoms with Gasteiger partial charge in [0.2, 0.25) is 0 Å². The third-order valence-electron chi connectivity index (χ3n) is 0. The molecule has 0 rings (SSSR count). The molecule has 42 valence electrons. The summed E-state index contributed by atoms with van der Waals surface area (Å²) >= 11 is 0. The fourth-order valence-corrected chi connectivity index (χ4v) is 0. The maximum Gasteiger partial charge on any atom is -0.0140 e. The second-order valence-electron chi connectivity index (χ2n) is 1.34. The molecule has 0 unspecified atom stereocenters. The van der Waals surface area contributed by atoms with E-state index in [1.165, 1.54) is 0 Å². The van der Waals surface area contributed by atoms with Crippen LogP contribution in [0.2, 0.25) is 0 Å². The van der Waals surface area contributed by atoms with E-state index in [1.54, 1.807) is 0 Å². The first-order valence-electron chi connectivity index (χ1n) is 1.34. The molecule has 0 aromatic carbocycles. The number of hydrogen-bond acceptors (Lipinski definition) is 2. The number of halogens is 1. The fourth-order valence-electron chi connectivity index (χ4n) is 0. The van der Waals surface area contributed by atoms with Gasteiger partial charge in [-0.15, -0.1) is 24.0 Å². The fraction of sp³-hybridized carbons (Fsp3) is 1.00. The molecule has 0 fully saturated rings. The highest BCUT2D eigenvalue weighted by molar-refractivity contribution is 14.0. The van der Waals surface area contributed by atoms with Gasteiger partial charge in [-0.2, -0.15) is 0 Å². The zero-order chi connectivity index (χ0) is 3.58. The first kappa shape index (κ1) is 15.9. The van der Waals surface area contributed by atoms with Gasteiger partial charge in [0, 0.05) is 0 Å². The Labute approximate surface area is 56.5 Å². The monoisotopic (exact) mass is 204 g/mol. The molecule has 0 aromatic heterocycles. The molecule has 0 atom stereocenters. The molecule has 0 aliphatic heterocycles. The largest absolute Gasteiger partial charge is 0.344 e. The third kappa shape index (κ3) is 147. The van der Waals surface area contributed by atoms with Crippen molar-refractivity contribution in [1.82, 2.24) is 11.1 Å². The average molecular weight is 204 g/mol. The van der Waals surface area contributed by atoms with Gasteiger partial charge in [-0.1, -0.05) is 0 Å². The Morgan fingerprint density at radius 1 is 1.00 bits per heavy atom. The first-order valence-corrected chi connectivity index (χ1v) is 1.34. The van der Waals surface area contributed by atoms with Crippen LogP contribution in [-0.2, 0) is 0 Å². The molecule has 0 saturated carbocycles. The third-order valence-corrected chi connectivity index (χ3v) is 0. The van der Waals surface area contributed by atoms with Gasteiger partial charge in [0.25, 0.3) is 0 Å². The van der Waals surface area contributed by atoms with Gasteiger partial charge in [0.1, 0.15) is 0 Å². The molecule has 0 bridgehead atoms. The van der Waals surface area contributed by atoms with Crippen molar-refractivity contribution in [2.24, 2.45) is 0 Å². The van der Waals surface area contributed by atoms with E-state index in [2.05, 4.69) is 0 Å². The van der Waals surface area contributed by atoms with Crippen LogP contribution in [0.25, 0.3) is 0 Å². The van der Waals surface area contributed by atoms with Crippen molar-refractivity contribution < 1.29 is 0 Å². The molecular weight excluding hydrogens is 191 g/mol. The van der Waals surface area contributed by atoms with Gasteiger partial charge < -0.3 is 11.1 Å². The molecule has 0 radical (unpaired) electrons. The molecular formula is C3H13IN2. The Balaban J connectivity index is -0.0000000450. The Morgan fingerprint density at radius 2 is 1.00 bits per heavy atom. The minimum atomic E-state index is 0. The van der Waals surface area contributed by atoms with Crippen LogP contribution in [0.1, 0.15) is 0 Å². The van der Waals surface area contributed by atoms with E-state index < -0.39 is 0 Å². The van der Waals surface area contributed by atoms with E-state index in [0.717, 1.165) is 0 Å². The molecule has 0 aromatic rings. The van der Waals surface area contributed by atoms with E-state index in [4.69, 9.17) is 0 Å². The van der Waals surface area contributed by atoms with Gasteiger partial charge in [-0.05, 0) is 21.1 Å². The highest BCUT2D eigenvalue weighted by Crippen LogP contribution is 1.47. The minimum absolute atomic E-state index is 0. The molecule has 2 nitrogen and oxygen atoms in total. The van der Waals surface area contributed by atoms with Gasteiger partial charge in [0.05, 0.1) is 0 Å². The molecule has 0 aliphatic carbocycles. The van der Waals surface area contributed by atoms with Crippen LogP contribution < -0.4 is 6.15 Å². The quantitative estimate of drug-likeness (QED) is 0.596. The molecule has 0 saturated heterocycles. The van der Waals surface area contributed by atoms with E-state index in [0.29, 0.717) is 0 Å². The van der Waals surface area contributed by atoms with Crippen LogP contribution in [0.3, 0.4) is 0 Å². The topological polar surface area (TPSA) is 38.2 Å². The van der Waals surface area contributed by atoms with Crippen LogP contribution in [-0.4, -0.2) is 26.0 Å². The summed E-state index contributed by atoms with van der Waals surface area (Å²) in [6, 6.07) is 0. The van der Waals surface area contributed by atoms with Crippen molar-refractivity contribution >= 4 is 24.0 Å². The molecule has 3 heteroatoms. The summed E-state index contributed by atoms with van der Waals surface area (Å²) in [5.41, 5.74) is 0. The lowest BCUT2D eigenvalue weighted by atomic mass is 11.0. The normalized spacial score (nSPS) is 6.00. The average Bonchev–Trinajstić information content (AvgIpc) is 0.811. The lowest BCUT2D eigenvalue weighted by Crippen LogP contribution is -1.99. The molecule has 0 heterocycles. The SMILES string of the molecule is CN(C)C.I.N. The summed E-state index contributed by atoms with van der Waals surface area (Å²) < 4.78 is 0. The number of rotatable bonds is 0. The maximum absolute atomic E-state index is 2.00. The van der Waals surface area contributed by atoms with Crippen molar-refractivity contribution in [2.75, 3.05) is 21.1 Å². The van der Waals surface area contributed by atoms with Crippen molar-refractivity contribution in [2.45, 2.75) is 0 Å². The standard InChI is InChI=1S/C3H9N.HI.H3N/c1-4(2)3;;/h1-3H3;1H;1H3. The summed E-state index contributed by atoms with van der Waals surface area (Å²) in [4.78, 5) is 2.00. The first-order chi connectivity index (χ1) is 1.73. The van der Waals surface area contributed by atoms with Crippen molar-refractivity contribution in [3.05, 3.63) is 0 Å². The summed E-state index contributed by atoms with van der Waals surface area (Å²) in [6.07, 6.45) is 0. The summed E-state index contributed by atoms with van der Waals surface area (Å²) in [5, 5.41) is 0. The van der Waals surface area contributed by atoms with E-state index in [1.807, 2.05) is 26.0 Å². The summed E-state index contributed by atoms with van der Waals surface area (Å²) in [5.74, 6) is 0. The Bertz CT molecular complexity index is 13.5. The number of hydrogen-bond donors (Lipinski definition) is 1. The summed E-state index contributed by atoms with van der Waals surface area (Å²) in [6.45, 7) is 0. The Morgan fingerprint density at radius 3 is 1.00 bits per heavy atom. The van der Waals surface area contributed by atoms with Crippen LogP contribution in [0.5, 0.6) is 0 Å². The van der Waals surface area contributed by atoms with Crippen LogP contribution >= 0.6 is 24.0 Å². The summed E-state index contributed by atoms with van der Waals surface area (Å²) in [7, 11) is 6.00. The predicted octanol–water partition coefficient (Wildman–Crippen LogP) is 0.958.